The average molecular weight is 276 g/mol. The number of aldehydes is 1. The maximum atomic E-state index is 13.5. The first-order valence-electron chi connectivity index (χ1n) is 4.91. The Morgan fingerprint density at radius 1 is 1.00 bits per heavy atom. The van der Waals surface area contributed by atoms with Crippen molar-refractivity contribution in [1.29, 1.82) is 0 Å². The number of benzene rings is 1. The third-order valence-corrected chi connectivity index (χ3v) is 2.48. The first kappa shape index (κ1) is 13.2. The molecule has 0 fully saturated rings. The number of carbonyl (C=O) groups is 1. The van der Waals surface area contributed by atoms with E-state index in [9.17, 15) is 26.7 Å². The van der Waals surface area contributed by atoms with Gasteiger partial charge in [-0.1, -0.05) is 0 Å². The van der Waals surface area contributed by atoms with Crippen LogP contribution in [0.2, 0.25) is 0 Å². The summed E-state index contributed by atoms with van der Waals surface area (Å²) in [5, 5.41) is 3.53. The van der Waals surface area contributed by atoms with Crippen LogP contribution in [-0.2, 0) is 0 Å². The Labute approximate surface area is 103 Å². The van der Waals surface area contributed by atoms with Gasteiger partial charge >= 0.3 is 0 Å². The van der Waals surface area contributed by atoms with E-state index in [1.165, 1.54) is 6.92 Å². The fourth-order valence-electron chi connectivity index (χ4n) is 1.50. The van der Waals surface area contributed by atoms with Crippen LogP contribution >= 0.6 is 0 Å². The van der Waals surface area contributed by atoms with Crippen molar-refractivity contribution in [2.75, 3.05) is 0 Å². The Hall–Kier alpha value is -2.25. The van der Waals surface area contributed by atoms with Gasteiger partial charge in [0.15, 0.2) is 29.6 Å². The van der Waals surface area contributed by atoms with Crippen molar-refractivity contribution in [3.63, 3.8) is 0 Å². The molecule has 1 aromatic heterocycles. The summed E-state index contributed by atoms with van der Waals surface area (Å²) in [5.74, 6) is -10.4. The lowest BCUT2D eigenvalue weighted by atomic mass is 10.2. The van der Waals surface area contributed by atoms with Gasteiger partial charge in [-0.3, -0.25) is 4.79 Å². The molecule has 100 valence electrons. The minimum atomic E-state index is -2.25. The first-order chi connectivity index (χ1) is 8.88. The summed E-state index contributed by atoms with van der Waals surface area (Å²) in [6.45, 7) is 1.35. The summed E-state index contributed by atoms with van der Waals surface area (Å²) in [5.41, 5.74) is -1.16. The summed E-state index contributed by atoms with van der Waals surface area (Å²) in [6.07, 6.45) is 1.23. The smallest absolute Gasteiger partial charge is 0.200 e. The van der Waals surface area contributed by atoms with E-state index in [4.69, 9.17) is 0 Å². The molecule has 0 unspecified atom stereocenters. The second kappa shape index (κ2) is 4.45. The van der Waals surface area contributed by atoms with Crippen molar-refractivity contribution >= 4 is 6.29 Å². The first-order valence-corrected chi connectivity index (χ1v) is 4.91. The lowest BCUT2D eigenvalue weighted by Crippen LogP contribution is -2.10. The maximum absolute atomic E-state index is 13.5. The lowest BCUT2D eigenvalue weighted by molar-refractivity contribution is 0.112. The van der Waals surface area contributed by atoms with Gasteiger partial charge in [0.1, 0.15) is 5.69 Å². The topological polar surface area (TPSA) is 34.9 Å². The molecular formula is C11H5F5N2O. The number of halogens is 5. The molecule has 0 spiro atoms. The van der Waals surface area contributed by atoms with Gasteiger partial charge in [-0.25, -0.2) is 26.6 Å². The average Bonchev–Trinajstić information content (AvgIpc) is 2.75. The third kappa shape index (κ3) is 1.88. The second-order valence-corrected chi connectivity index (χ2v) is 3.65. The fourth-order valence-corrected chi connectivity index (χ4v) is 1.50. The van der Waals surface area contributed by atoms with E-state index in [0.717, 1.165) is 6.20 Å². The Morgan fingerprint density at radius 3 is 1.89 bits per heavy atom. The van der Waals surface area contributed by atoms with Crippen LogP contribution in [0.5, 0.6) is 0 Å². The van der Waals surface area contributed by atoms with Crippen molar-refractivity contribution in [2.24, 2.45) is 0 Å². The standard InChI is InChI=1S/C11H5F5N2O/c1-4-5(3-19)2-18(17-4)11-9(15)7(13)6(12)8(14)10(11)16/h2-3H,1H3. The summed E-state index contributed by atoms with van der Waals surface area (Å²) >= 11 is 0. The van der Waals surface area contributed by atoms with Gasteiger partial charge in [0.2, 0.25) is 5.82 Å². The van der Waals surface area contributed by atoms with Crippen LogP contribution in [0.25, 0.3) is 5.69 Å². The van der Waals surface area contributed by atoms with E-state index >= 15 is 0 Å². The fraction of sp³-hybridized carbons (Fsp3) is 0.0909. The van der Waals surface area contributed by atoms with Gasteiger partial charge in [-0.2, -0.15) is 5.10 Å². The van der Waals surface area contributed by atoms with E-state index in [1.54, 1.807) is 0 Å². The molecule has 1 aromatic carbocycles. The molecule has 0 aliphatic rings. The van der Waals surface area contributed by atoms with Crippen molar-refractivity contribution in [1.82, 2.24) is 9.78 Å². The summed E-state index contributed by atoms with van der Waals surface area (Å²) in [4.78, 5) is 10.6. The normalized spacial score (nSPS) is 10.8. The molecule has 0 N–H and O–H groups in total. The molecule has 0 atom stereocenters. The summed E-state index contributed by atoms with van der Waals surface area (Å²) < 4.78 is 66.2. The summed E-state index contributed by atoms with van der Waals surface area (Å²) in [7, 11) is 0. The van der Waals surface area contributed by atoms with E-state index in [0.29, 0.717) is 11.0 Å². The molecule has 1 heterocycles. The van der Waals surface area contributed by atoms with Crippen LogP contribution < -0.4 is 0 Å². The number of rotatable bonds is 2. The zero-order valence-electron chi connectivity index (χ0n) is 9.35. The molecule has 0 saturated heterocycles. The molecule has 0 aliphatic carbocycles. The Morgan fingerprint density at radius 2 is 1.47 bits per heavy atom. The van der Waals surface area contributed by atoms with Crippen LogP contribution in [0, 0.1) is 36.0 Å². The van der Waals surface area contributed by atoms with Crippen LogP contribution in [0.4, 0.5) is 22.0 Å². The van der Waals surface area contributed by atoms with Crippen molar-refractivity contribution in [2.45, 2.75) is 6.92 Å². The molecule has 8 heteroatoms. The third-order valence-electron chi connectivity index (χ3n) is 2.48. The molecule has 2 aromatic rings. The monoisotopic (exact) mass is 276 g/mol. The molecule has 3 nitrogen and oxygen atoms in total. The van der Waals surface area contributed by atoms with Crippen molar-refractivity contribution in [3.05, 3.63) is 46.5 Å². The minimum Gasteiger partial charge on any atom is -0.298 e. The molecule has 0 bridgehead atoms. The molecule has 19 heavy (non-hydrogen) atoms. The number of nitrogens with zero attached hydrogens (tertiary/aromatic N) is 2. The summed E-state index contributed by atoms with van der Waals surface area (Å²) in [6, 6.07) is 0. The SMILES string of the molecule is Cc1nn(-c2c(F)c(F)c(F)c(F)c2F)cc1C=O. The van der Waals surface area contributed by atoms with E-state index < -0.39 is 34.8 Å². The molecule has 0 amide bonds. The zero-order chi connectivity index (χ0) is 14.3. The highest BCUT2D eigenvalue weighted by Gasteiger charge is 2.27. The maximum Gasteiger partial charge on any atom is 0.200 e. The van der Waals surface area contributed by atoms with Gasteiger partial charge in [0, 0.05) is 6.20 Å². The Bertz CT molecular complexity index is 651. The quantitative estimate of drug-likeness (QED) is 0.366. The number of hydrogen-bond donors (Lipinski definition) is 0. The minimum absolute atomic E-state index is 0.0241. The number of carbonyl (C=O) groups excluding carboxylic acids is 1. The van der Waals surface area contributed by atoms with E-state index in [2.05, 4.69) is 5.10 Å². The lowest BCUT2D eigenvalue weighted by Gasteiger charge is -2.07. The number of hydrogen-bond acceptors (Lipinski definition) is 2. The second-order valence-electron chi connectivity index (χ2n) is 3.65. The van der Waals surface area contributed by atoms with Gasteiger partial charge < -0.3 is 0 Å². The van der Waals surface area contributed by atoms with Gasteiger partial charge in [-0.05, 0) is 6.92 Å². The molecule has 0 saturated carbocycles. The van der Waals surface area contributed by atoms with Crippen LogP contribution in [0.3, 0.4) is 0 Å². The molecular weight excluding hydrogens is 271 g/mol. The molecule has 2 rings (SSSR count). The van der Waals surface area contributed by atoms with Gasteiger partial charge in [0.05, 0.1) is 11.3 Å². The number of aromatic nitrogens is 2. The highest BCUT2D eigenvalue weighted by Crippen LogP contribution is 2.26. The molecule has 0 aliphatic heterocycles. The van der Waals surface area contributed by atoms with Gasteiger partial charge in [-0.15, -0.1) is 0 Å². The highest BCUT2D eigenvalue weighted by atomic mass is 19.2. The van der Waals surface area contributed by atoms with E-state index in [1.807, 2.05) is 0 Å². The van der Waals surface area contributed by atoms with E-state index in [-0.39, 0.29) is 11.3 Å². The van der Waals surface area contributed by atoms with Crippen LogP contribution in [0.15, 0.2) is 6.20 Å². The Kier molecular flexibility index (Phi) is 3.09. The van der Waals surface area contributed by atoms with Crippen LogP contribution in [0.1, 0.15) is 16.1 Å². The highest BCUT2D eigenvalue weighted by molar-refractivity contribution is 5.76. The number of aryl methyl sites for hydroxylation is 1. The molecule has 0 radical (unpaired) electrons. The zero-order valence-corrected chi connectivity index (χ0v) is 9.35. The predicted molar refractivity (Wildman–Crippen MR) is 53.5 cm³/mol. The van der Waals surface area contributed by atoms with Crippen molar-refractivity contribution in [3.8, 4) is 5.69 Å². The largest absolute Gasteiger partial charge is 0.298 e. The van der Waals surface area contributed by atoms with Crippen LogP contribution in [-0.4, -0.2) is 16.1 Å². The predicted octanol–water partition coefficient (Wildman–Crippen LogP) is 2.69. The Balaban J connectivity index is 2.78. The van der Waals surface area contributed by atoms with Gasteiger partial charge in [0.25, 0.3) is 0 Å². The van der Waals surface area contributed by atoms with Crippen molar-refractivity contribution < 1.29 is 26.7 Å².